The third-order valence-corrected chi connectivity index (χ3v) is 4.29. The van der Waals surface area contributed by atoms with Gasteiger partial charge in [0.1, 0.15) is 0 Å². The number of aliphatic hydroxyl groups is 1. The SMILES string of the molecule is CC(CNCC(O)COCc1cccs1)C(C)(C)C. The lowest BCUT2D eigenvalue weighted by atomic mass is 9.82. The van der Waals surface area contributed by atoms with E-state index in [-0.39, 0.29) is 0 Å². The summed E-state index contributed by atoms with van der Waals surface area (Å²) in [5, 5.41) is 15.1. The summed E-state index contributed by atoms with van der Waals surface area (Å²) in [5.41, 5.74) is 0.299. The van der Waals surface area contributed by atoms with E-state index in [1.807, 2.05) is 17.5 Å². The Balaban J connectivity index is 2.06. The lowest BCUT2D eigenvalue weighted by Crippen LogP contribution is -2.36. The van der Waals surface area contributed by atoms with Crippen LogP contribution in [0.15, 0.2) is 17.5 Å². The van der Waals surface area contributed by atoms with Crippen molar-refractivity contribution in [3.05, 3.63) is 22.4 Å². The second-order valence-electron chi connectivity index (χ2n) is 6.17. The summed E-state index contributed by atoms with van der Waals surface area (Å²) in [6.07, 6.45) is -0.438. The number of nitrogens with one attached hydrogen (secondary N) is 1. The van der Waals surface area contributed by atoms with Gasteiger partial charge < -0.3 is 15.2 Å². The van der Waals surface area contributed by atoms with Crippen molar-refractivity contribution in [2.45, 2.75) is 40.4 Å². The molecule has 0 aliphatic rings. The van der Waals surface area contributed by atoms with Gasteiger partial charge in [-0.2, -0.15) is 0 Å². The first-order chi connectivity index (χ1) is 8.89. The van der Waals surface area contributed by atoms with Crippen molar-refractivity contribution in [3.63, 3.8) is 0 Å². The van der Waals surface area contributed by atoms with E-state index in [0.717, 1.165) is 6.54 Å². The average Bonchev–Trinajstić information content (AvgIpc) is 2.80. The maximum atomic E-state index is 9.81. The lowest BCUT2D eigenvalue weighted by Gasteiger charge is -2.27. The van der Waals surface area contributed by atoms with Gasteiger partial charge in [0.05, 0.1) is 19.3 Å². The fourth-order valence-electron chi connectivity index (χ4n) is 1.52. The molecule has 0 spiro atoms. The molecule has 2 unspecified atom stereocenters. The van der Waals surface area contributed by atoms with E-state index in [1.165, 1.54) is 4.88 Å². The van der Waals surface area contributed by atoms with Crippen LogP contribution in [0.1, 0.15) is 32.6 Å². The summed E-state index contributed by atoms with van der Waals surface area (Å²) in [6, 6.07) is 4.05. The highest BCUT2D eigenvalue weighted by molar-refractivity contribution is 7.09. The summed E-state index contributed by atoms with van der Waals surface area (Å²) < 4.78 is 5.49. The molecule has 0 bridgehead atoms. The highest BCUT2D eigenvalue weighted by atomic mass is 32.1. The number of ether oxygens (including phenoxy) is 1. The van der Waals surface area contributed by atoms with E-state index >= 15 is 0 Å². The first-order valence-corrected chi connectivity index (χ1v) is 7.76. The van der Waals surface area contributed by atoms with Crippen molar-refractivity contribution in [1.29, 1.82) is 0 Å². The number of hydrogen-bond donors (Lipinski definition) is 2. The summed E-state index contributed by atoms with van der Waals surface area (Å²) >= 11 is 1.68. The van der Waals surface area contributed by atoms with Gasteiger partial charge in [0.25, 0.3) is 0 Å². The zero-order valence-corrected chi connectivity index (χ0v) is 13.3. The van der Waals surface area contributed by atoms with Crippen LogP contribution in [0.25, 0.3) is 0 Å². The van der Waals surface area contributed by atoms with Gasteiger partial charge in [0.2, 0.25) is 0 Å². The van der Waals surface area contributed by atoms with E-state index in [9.17, 15) is 5.11 Å². The van der Waals surface area contributed by atoms with Crippen molar-refractivity contribution in [3.8, 4) is 0 Å². The van der Waals surface area contributed by atoms with Gasteiger partial charge in [0, 0.05) is 11.4 Å². The van der Waals surface area contributed by atoms with Gasteiger partial charge >= 0.3 is 0 Å². The van der Waals surface area contributed by atoms with Gasteiger partial charge in [-0.1, -0.05) is 33.8 Å². The van der Waals surface area contributed by atoms with E-state index in [2.05, 4.69) is 33.0 Å². The van der Waals surface area contributed by atoms with Gasteiger partial charge in [0.15, 0.2) is 0 Å². The minimum atomic E-state index is -0.438. The Morgan fingerprint density at radius 3 is 2.68 bits per heavy atom. The second kappa shape index (κ2) is 8.00. The molecule has 1 rings (SSSR count). The zero-order chi connectivity index (χ0) is 14.3. The molecule has 19 heavy (non-hydrogen) atoms. The zero-order valence-electron chi connectivity index (χ0n) is 12.5. The quantitative estimate of drug-likeness (QED) is 0.771. The van der Waals surface area contributed by atoms with Crippen LogP contribution in [0.5, 0.6) is 0 Å². The van der Waals surface area contributed by atoms with Crippen LogP contribution in [0.2, 0.25) is 0 Å². The molecular weight excluding hydrogens is 258 g/mol. The van der Waals surface area contributed by atoms with Crippen LogP contribution >= 0.6 is 11.3 Å². The number of rotatable bonds is 8. The van der Waals surface area contributed by atoms with Gasteiger partial charge in [-0.05, 0) is 29.3 Å². The molecule has 0 aliphatic heterocycles. The Bertz CT molecular complexity index is 332. The summed E-state index contributed by atoms with van der Waals surface area (Å²) in [5.74, 6) is 0.576. The molecule has 2 N–H and O–H groups in total. The summed E-state index contributed by atoms with van der Waals surface area (Å²) in [7, 11) is 0. The maximum absolute atomic E-state index is 9.81. The molecule has 0 amide bonds. The van der Waals surface area contributed by atoms with Crippen LogP contribution in [-0.2, 0) is 11.3 Å². The van der Waals surface area contributed by atoms with Gasteiger partial charge in [-0.3, -0.25) is 0 Å². The van der Waals surface area contributed by atoms with Crippen molar-refractivity contribution in [2.75, 3.05) is 19.7 Å². The van der Waals surface area contributed by atoms with Crippen LogP contribution in [0.4, 0.5) is 0 Å². The molecule has 0 fully saturated rings. The molecule has 3 nitrogen and oxygen atoms in total. The van der Waals surface area contributed by atoms with Crippen LogP contribution in [0, 0.1) is 11.3 Å². The molecule has 2 atom stereocenters. The first-order valence-electron chi connectivity index (χ1n) is 6.88. The van der Waals surface area contributed by atoms with E-state index in [1.54, 1.807) is 11.3 Å². The van der Waals surface area contributed by atoms with Gasteiger partial charge in [-0.25, -0.2) is 0 Å². The van der Waals surface area contributed by atoms with Gasteiger partial charge in [-0.15, -0.1) is 11.3 Å². The van der Waals surface area contributed by atoms with Crippen LogP contribution in [-0.4, -0.2) is 30.9 Å². The molecule has 0 radical (unpaired) electrons. The minimum Gasteiger partial charge on any atom is -0.389 e. The fraction of sp³-hybridized carbons (Fsp3) is 0.733. The van der Waals surface area contributed by atoms with Crippen LogP contribution in [0.3, 0.4) is 0 Å². The monoisotopic (exact) mass is 285 g/mol. The minimum absolute atomic E-state index is 0.299. The third kappa shape index (κ3) is 7.06. The number of thiophene rings is 1. The van der Waals surface area contributed by atoms with Crippen molar-refractivity contribution >= 4 is 11.3 Å². The predicted octanol–water partition coefficient (Wildman–Crippen LogP) is 2.90. The molecule has 0 aliphatic carbocycles. The molecule has 4 heteroatoms. The molecular formula is C15H27NO2S. The largest absolute Gasteiger partial charge is 0.389 e. The molecule has 1 aromatic rings. The molecule has 0 saturated carbocycles. The lowest BCUT2D eigenvalue weighted by molar-refractivity contribution is 0.0289. The topological polar surface area (TPSA) is 41.5 Å². The first kappa shape index (κ1) is 16.6. The number of hydrogen-bond acceptors (Lipinski definition) is 4. The van der Waals surface area contributed by atoms with E-state index in [4.69, 9.17) is 4.74 Å². The van der Waals surface area contributed by atoms with Crippen molar-refractivity contribution in [2.24, 2.45) is 11.3 Å². The summed E-state index contributed by atoms with van der Waals surface area (Å²) in [4.78, 5) is 1.20. The second-order valence-corrected chi connectivity index (χ2v) is 7.21. The van der Waals surface area contributed by atoms with Crippen molar-refractivity contribution in [1.82, 2.24) is 5.32 Å². The summed E-state index contributed by atoms with van der Waals surface area (Å²) in [6.45, 7) is 11.4. The van der Waals surface area contributed by atoms with E-state index in [0.29, 0.717) is 31.1 Å². The fourth-order valence-corrected chi connectivity index (χ4v) is 2.16. The molecule has 0 saturated heterocycles. The molecule has 110 valence electrons. The predicted molar refractivity (Wildman–Crippen MR) is 81.5 cm³/mol. The standard InChI is InChI=1S/C15H27NO2S/c1-12(15(2,3)4)8-16-9-13(17)10-18-11-14-6-5-7-19-14/h5-7,12-13,16-17H,8-11H2,1-4H3. The normalized spacial score (nSPS) is 15.4. The number of aliphatic hydroxyl groups excluding tert-OH is 1. The Morgan fingerprint density at radius 1 is 1.37 bits per heavy atom. The smallest absolute Gasteiger partial charge is 0.0897 e. The average molecular weight is 285 g/mol. The molecule has 1 heterocycles. The highest BCUT2D eigenvalue weighted by Gasteiger charge is 2.19. The highest BCUT2D eigenvalue weighted by Crippen LogP contribution is 2.24. The Kier molecular flexibility index (Phi) is 7.00. The Morgan fingerprint density at radius 2 is 2.11 bits per heavy atom. The molecule has 1 aromatic heterocycles. The van der Waals surface area contributed by atoms with Crippen molar-refractivity contribution < 1.29 is 9.84 Å². The third-order valence-electron chi connectivity index (χ3n) is 3.44. The maximum Gasteiger partial charge on any atom is 0.0897 e. The van der Waals surface area contributed by atoms with E-state index < -0.39 is 6.10 Å². The Hall–Kier alpha value is -0.420. The van der Waals surface area contributed by atoms with Crippen LogP contribution < -0.4 is 5.32 Å². The Labute approximate surface area is 121 Å². The molecule has 0 aromatic carbocycles.